The molecule has 0 aliphatic carbocycles. The number of aromatic amines is 3. The van der Waals surface area contributed by atoms with Crippen molar-refractivity contribution in [3.63, 3.8) is 0 Å². The van der Waals surface area contributed by atoms with Crippen LogP contribution in [-0.4, -0.2) is 35.8 Å². The van der Waals surface area contributed by atoms with Gasteiger partial charge < -0.3 is 19.2 Å². The van der Waals surface area contributed by atoms with E-state index in [4.69, 9.17) is 14.2 Å². The first kappa shape index (κ1) is 19.4. The molecular weight excluding hydrogens is 386 g/mol. The minimum Gasteiger partial charge on any atom is -0.497 e. The van der Waals surface area contributed by atoms with Gasteiger partial charge in [-0.05, 0) is 42.8 Å². The lowest BCUT2D eigenvalue weighted by atomic mass is 9.99. The van der Waals surface area contributed by atoms with Gasteiger partial charge in [0.1, 0.15) is 11.4 Å². The van der Waals surface area contributed by atoms with Crippen LogP contribution in [0.25, 0.3) is 33.4 Å². The summed E-state index contributed by atoms with van der Waals surface area (Å²) in [5.41, 5.74) is 2.20. The average Bonchev–Trinajstić information content (AvgIpc) is 3.14. The van der Waals surface area contributed by atoms with Gasteiger partial charge >= 0.3 is 5.69 Å². The molecule has 3 N–H and O–H groups in total. The molecule has 0 atom stereocenters. The first-order valence-corrected chi connectivity index (χ1v) is 9.39. The van der Waals surface area contributed by atoms with E-state index in [9.17, 15) is 9.59 Å². The van der Waals surface area contributed by atoms with Crippen molar-refractivity contribution in [2.75, 3.05) is 20.8 Å². The number of H-pyrrole nitrogens is 3. The second-order valence-corrected chi connectivity index (χ2v) is 6.56. The van der Waals surface area contributed by atoms with Crippen LogP contribution in [0.4, 0.5) is 0 Å². The van der Waals surface area contributed by atoms with E-state index in [2.05, 4.69) is 15.0 Å². The molecule has 0 spiro atoms. The van der Waals surface area contributed by atoms with Crippen molar-refractivity contribution in [3.8, 4) is 39.6 Å². The summed E-state index contributed by atoms with van der Waals surface area (Å²) in [6.45, 7) is 2.41. The number of aromatic nitrogens is 3. The van der Waals surface area contributed by atoms with Gasteiger partial charge in [-0.25, -0.2) is 4.79 Å². The van der Waals surface area contributed by atoms with Gasteiger partial charge in [0.25, 0.3) is 5.56 Å². The van der Waals surface area contributed by atoms with E-state index in [0.717, 1.165) is 11.1 Å². The van der Waals surface area contributed by atoms with Gasteiger partial charge in [0.05, 0.1) is 31.9 Å². The maximum atomic E-state index is 12.7. The molecule has 8 nitrogen and oxygen atoms in total. The third kappa shape index (κ3) is 3.32. The molecule has 2 heterocycles. The van der Waals surface area contributed by atoms with E-state index >= 15 is 0 Å². The highest BCUT2D eigenvalue weighted by Crippen LogP contribution is 2.39. The van der Waals surface area contributed by atoms with Crippen LogP contribution in [0, 0.1) is 0 Å². The van der Waals surface area contributed by atoms with Crippen LogP contribution in [0.15, 0.2) is 52.1 Å². The van der Waals surface area contributed by atoms with Gasteiger partial charge in [-0.15, -0.1) is 0 Å². The molecule has 2 aromatic heterocycles. The van der Waals surface area contributed by atoms with E-state index in [0.29, 0.717) is 46.1 Å². The Kier molecular flexibility index (Phi) is 5.05. The van der Waals surface area contributed by atoms with Crippen LogP contribution in [0.1, 0.15) is 6.92 Å². The summed E-state index contributed by atoms with van der Waals surface area (Å²) < 4.78 is 16.3. The van der Waals surface area contributed by atoms with Crippen molar-refractivity contribution in [2.45, 2.75) is 6.92 Å². The van der Waals surface area contributed by atoms with E-state index in [1.807, 2.05) is 49.4 Å². The third-order valence-corrected chi connectivity index (χ3v) is 4.82. The predicted molar refractivity (Wildman–Crippen MR) is 115 cm³/mol. The van der Waals surface area contributed by atoms with E-state index in [1.54, 1.807) is 14.2 Å². The number of methoxy groups -OCH3 is 2. The Morgan fingerprint density at radius 1 is 0.833 bits per heavy atom. The van der Waals surface area contributed by atoms with Crippen LogP contribution < -0.4 is 25.5 Å². The molecule has 30 heavy (non-hydrogen) atoms. The molecule has 0 aliphatic heterocycles. The zero-order valence-corrected chi connectivity index (χ0v) is 16.8. The minimum atomic E-state index is -0.578. The molecule has 8 heteroatoms. The standard InChI is InChI=1S/C22H21N3O5/c1-4-30-15-10-7-13(11-16(15)29-3)19-17(12-5-8-14(28-2)9-6-12)18-20(23-19)24-22(27)25-21(18)26/h5-11H,4H2,1-3H3,(H3,23,24,25,26,27). The highest BCUT2D eigenvalue weighted by Gasteiger charge is 2.20. The monoisotopic (exact) mass is 407 g/mol. The quantitative estimate of drug-likeness (QED) is 0.454. The van der Waals surface area contributed by atoms with E-state index < -0.39 is 11.2 Å². The largest absolute Gasteiger partial charge is 0.497 e. The van der Waals surface area contributed by atoms with Gasteiger partial charge in [-0.2, -0.15) is 0 Å². The third-order valence-electron chi connectivity index (χ3n) is 4.82. The lowest BCUT2D eigenvalue weighted by molar-refractivity contribution is 0.311. The number of fused-ring (bicyclic) bond motifs is 1. The fourth-order valence-corrected chi connectivity index (χ4v) is 3.49. The molecule has 0 saturated carbocycles. The second kappa shape index (κ2) is 7.82. The lowest BCUT2D eigenvalue weighted by Crippen LogP contribution is -2.21. The number of rotatable bonds is 6. The van der Waals surface area contributed by atoms with Gasteiger partial charge in [0, 0.05) is 11.1 Å². The van der Waals surface area contributed by atoms with E-state index in [-0.39, 0.29) is 0 Å². The zero-order chi connectivity index (χ0) is 21.3. The maximum Gasteiger partial charge on any atom is 0.327 e. The molecule has 0 aliphatic rings. The van der Waals surface area contributed by atoms with Crippen molar-refractivity contribution in [1.82, 2.24) is 15.0 Å². The number of nitrogens with one attached hydrogen (secondary N) is 3. The van der Waals surface area contributed by atoms with Crippen LogP contribution in [0.5, 0.6) is 17.2 Å². The number of hydrogen-bond donors (Lipinski definition) is 3. The Hall–Kier alpha value is -3.94. The Morgan fingerprint density at radius 3 is 2.23 bits per heavy atom. The molecule has 4 aromatic rings. The minimum absolute atomic E-state index is 0.345. The smallest absolute Gasteiger partial charge is 0.327 e. The van der Waals surface area contributed by atoms with Crippen molar-refractivity contribution in [2.24, 2.45) is 0 Å². The topological polar surface area (TPSA) is 109 Å². The van der Waals surface area contributed by atoms with Crippen molar-refractivity contribution >= 4 is 11.0 Å². The molecule has 4 rings (SSSR count). The van der Waals surface area contributed by atoms with Gasteiger partial charge in [-0.1, -0.05) is 12.1 Å². The zero-order valence-electron chi connectivity index (χ0n) is 16.8. The molecule has 0 unspecified atom stereocenters. The number of hydrogen-bond acceptors (Lipinski definition) is 5. The Morgan fingerprint density at radius 2 is 1.57 bits per heavy atom. The first-order chi connectivity index (χ1) is 14.5. The summed E-state index contributed by atoms with van der Waals surface area (Å²) in [5.74, 6) is 1.89. The normalized spacial score (nSPS) is 10.9. The van der Waals surface area contributed by atoms with Crippen molar-refractivity contribution in [3.05, 3.63) is 63.3 Å². The summed E-state index contributed by atoms with van der Waals surface area (Å²) >= 11 is 0. The highest BCUT2D eigenvalue weighted by atomic mass is 16.5. The van der Waals surface area contributed by atoms with Gasteiger partial charge in [0.15, 0.2) is 11.5 Å². The molecule has 0 radical (unpaired) electrons. The first-order valence-electron chi connectivity index (χ1n) is 9.39. The average molecular weight is 407 g/mol. The molecule has 2 aromatic carbocycles. The number of benzene rings is 2. The molecule has 0 fully saturated rings. The van der Waals surface area contributed by atoms with Crippen molar-refractivity contribution in [1.29, 1.82) is 0 Å². The highest BCUT2D eigenvalue weighted by molar-refractivity contribution is 6.02. The van der Waals surface area contributed by atoms with Crippen LogP contribution in [-0.2, 0) is 0 Å². The molecule has 0 saturated heterocycles. The van der Waals surface area contributed by atoms with Gasteiger partial charge in [-0.3, -0.25) is 14.8 Å². The predicted octanol–water partition coefficient (Wildman–Crippen LogP) is 3.29. The summed E-state index contributed by atoms with van der Waals surface area (Å²) in [5, 5.41) is 0.364. The van der Waals surface area contributed by atoms with E-state index in [1.165, 1.54) is 0 Å². The Balaban J connectivity index is 2.01. The summed E-state index contributed by atoms with van der Waals surface area (Å²) in [4.78, 5) is 32.6. The Bertz CT molecular complexity index is 1320. The van der Waals surface area contributed by atoms with Crippen molar-refractivity contribution < 1.29 is 14.2 Å². The molecule has 0 bridgehead atoms. The SMILES string of the molecule is CCOc1ccc(-c2[nH]c3[nH]c(=O)[nH]c(=O)c3c2-c2ccc(OC)cc2)cc1OC. The van der Waals surface area contributed by atoms with Crippen LogP contribution in [0.3, 0.4) is 0 Å². The second-order valence-electron chi connectivity index (χ2n) is 6.56. The lowest BCUT2D eigenvalue weighted by Gasteiger charge is -2.12. The fraction of sp³-hybridized carbons (Fsp3) is 0.182. The Labute approximate surface area is 171 Å². The number of ether oxygens (including phenoxy) is 3. The summed E-state index contributed by atoms with van der Waals surface area (Å²) in [7, 11) is 3.16. The summed E-state index contributed by atoms with van der Waals surface area (Å²) in [6.07, 6.45) is 0. The molecular formula is C22H21N3O5. The fourth-order valence-electron chi connectivity index (χ4n) is 3.49. The van der Waals surface area contributed by atoms with Crippen LogP contribution >= 0.6 is 0 Å². The maximum absolute atomic E-state index is 12.7. The molecule has 0 amide bonds. The van der Waals surface area contributed by atoms with Crippen LogP contribution in [0.2, 0.25) is 0 Å². The summed E-state index contributed by atoms with van der Waals surface area (Å²) in [6, 6.07) is 12.9. The molecule has 154 valence electrons. The van der Waals surface area contributed by atoms with Gasteiger partial charge in [0.2, 0.25) is 0 Å².